The summed E-state index contributed by atoms with van der Waals surface area (Å²) in [6, 6.07) is 9.05. The molecule has 2 unspecified atom stereocenters. The van der Waals surface area contributed by atoms with E-state index in [1.807, 2.05) is 37.3 Å². The molecule has 3 saturated heterocycles. The third-order valence-electron chi connectivity index (χ3n) is 9.56. The van der Waals surface area contributed by atoms with Gasteiger partial charge in [-0.1, -0.05) is 62.8 Å². The maximum atomic E-state index is 14.5. The average molecular weight is 580 g/mol. The second-order valence-electron chi connectivity index (χ2n) is 12.1. The fourth-order valence-corrected chi connectivity index (χ4v) is 7.54. The van der Waals surface area contributed by atoms with Crippen LogP contribution in [0.5, 0.6) is 0 Å². The number of aliphatic hydroxyl groups excluding tert-OH is 1. The second-order valence-corrected chi connectivity index (χ2v) is 12.1. The molecular weight excluding hydrogens is 530 g/mol. The molecule has 0 saturated carbocycles. The molecule has 1 aromatic carbocycles. The second kappa shape index (κ2) is 14.0. The maximum absolute atomic E-state index is 14.5. The lowest BCUT2D eigenvalue weighted by Crippen LogP contribution is -2.56. The number of likely N-dealkylation sites (tertiary alicyclic amines) is 1. The van der Waals surface area contributed by atoms with Gasteiger partial charge in [0.15, 0.2) is 0 Å². The molecule has 0 radical (unpaired) electrons. The minimum absolute atomic E-state index is 0.0895. The van der Waals surface area contributed by atoms with Crippen LogP contribution in [-0.4, -0.2) is 87.6 Å². The summed E-state index contributed by atoms with van der Waals surface area (Å²) in [6.45, 7) is 14.1. The van der Waals surface area contributed by atoms with Crippen LogP contribution >= 0.6 is 0 Å². The van der Waals surface area contributed by atoms with E-state index in [4.69, 9.17) is 4.74 Å². The smallest absolute Gasteiger partial charge is 0.248 e. The molecule has 3 aliphatic heterocycles. The molecule has 3 heterocycles. The average Bonchev–Trinajstić information content (AvgIpc) is 3.60. The lowest BCUT2D eigenvalue weighted by atomic mass is 9.64. The molecule has 0 aromatic heterocycles. The van der Waals surface area contributed by atoms with Crippen molar-refractivity contribution < 1.29 is 24.2 Å². The summed E-state index contributed by atoms with van der Waals surface area (Å²) in [5.41, 5.74) is -0.828. The fraction of sp³-hybridized carbons (Fsp3) is 0.618. The van der Waals surface area contributed by atoms with Gasteiger partial charge in [0.1, 0.15) is 11.6 Å². The van der Waals surface area contributed by atoms with Gasteiger partial charge in [-0.05, 0) is 50.5 Å². The van der Waals surface area contributed by atoms with Gasteiger partial charge in [-0.15, -0.1) is 13.2 Å². The highest BCUT2D eigenvalue weighted by Gasteiger charge is 2.79. The van der Waals surface area contributed by atoms with Crippen molar-refractivity contribution in [2.24, 2.45) is 11.8 Å². The van der Waals surface area contributed by atoms with Crippen LogP contribution in [0.4, 0.5) is 0 Å². The molecule has 1 spiro atoms. The molecule has 3 fully saturated rings. The van der Waals surface area contributed by atoms with Crippen LogP contribution in [0.2, 0.25) is 0 Å². The number of carbonyl (C=O) groups excluding carboxylic acids is 3. The summed E-state index contributed by atoms with van der Waals surface area (Å²) >= 11 is 0. The summed E-state index contributed by atoms with van der Waals surface area (Å²) in [5.74, 6) is -1.77. The summed E-state index contributed by atoms with van der Waals surface area (Å²) in [6.07, 6.45) is 9.10. The molecule has 230 valence electrons. The third kappa shape index (κ3) is 5.80. The standard InChI is InChI=1S/C34H49N3O5/c1-5-9-22-35(20-6-2)32(41)29-34-19-18-33(8-4,42-34)27(28(34)31(40)37(29)23-14-11-15-24-38)30(39)36(21-7-3)25-26-16-12-10-13-17-26/h6-7,10,12-13,16-17,27-29,38H,2-3,5,8-9,11,14-15,18-25H2,1,4H3/t27-,28-,29?,33+,34?/m0/s1. The summed E-state index contributed by atoms with van der Waals surface area (Å²) in [5, 5.41) is 9.31. The minimum atomic E-state index is -1.04. The molecule has 4 rings (SSSR count). The number of rotatable bonds is 17. The first-order valence-corrected chi connectivity index (χ1v) is 15.8. The summed E-state index contributed by atoms with van der Waals surface area (Å²) in [7, 11) is 0. The van der Waals surface area contributed by atoms with Crippen LogP contribution in [0.15, 0.2) is 55.6 Å². The zero-order valence-corrected chi connectivity index (χ0v) is 25.5. The van der Waals surface area contributed by atoms with Crippen molar-refractivity contribution in [1.82, 2.24) is 14.7 Å². The Kier molecular flexibility index (Phi) is 10.7. The Morgan fingerprint density at radius 2 is 1.74 bits per heavy atom. The van der Waals surface area contributed by atoms with Crippen molar-refractivity contribution in [2.75, 3.05) is 32.8 Å². The van der Waals surface area contributed by atoms with E-state index < -0.39 is 29.1 Å². The van der Waals surface area contributed by atoms with E-state index in [9.17, 15) is 19.5 Å². The highest BCUT2D eigenvalue weighted by Crippen LogP contribution is 2.64. The first kappa shape index (κ1) is 32.0. The molecule has 5 atom stereocenters. The fourth-order valence-electron chi connectivity index (χ4n) is 7.54. The third-order valence-corrected chi connectivity index (χ3v) is 9.56. The highest BCUT2D eigenvalue weighted by molar-refractivity contribution is 5.99. The predicted molar refractivity (Wildman–Crippen MR) is 163 cm³/mol. The Morgan fingerprint density at radius 3 is 2.38 bits per heavy atom. The Labute approximate surface area is 251 Å². The minimum Gasteiger partial charge on any atom is -0.396 e. The van der Waals surface area contributed by atoms with Gasteiger partial charge in [0, 0.05) is 39.3 Å². The first-order valence-electron chi connectivity index (χ1n) is 15.8. The Morgan fingerprint density at radius 1 is 1.02 bits per heavy atom. The van der Waals surface area contributed by atoms with Crippen molar-refractivity contribution >= 4 is 17.7 Å². The normalized spacial score (nSPS) is 27.6. The van der Waals surface area contributed by atoms with Crippen molar-refractivity contribution in [3.05, 3.63) is 61.2 Å². The topological polar surface area (TPSA) is 90.4 Å². The zero-order chi connectivity index (χ0) is 30.3. The Hall–Kier alpha value is -2.97. The number of hydrogen-bond donors (Lipinski definition) is 1. The van der Waals surface area contributed by atoms with Gasteiger partial charge in [0.25, 0.3) is 0 Å². The quantitative estimate of drug-likeness (QED) is 0.219. The maximum Gasteiger partial charge on any atom is 0.248 e. The number of hydrogen-bond acceptors (Lipinski definition) is 5. The lowest BCUT2D eigenvalue weighted by molar-refractivity contribution is -0.155. The number of fused-ring (bicyclic) bond motifs is 1. The van der Waals surface area contributed by atoms with Crippen LogP contribution < -0.4 is 0 Å². The molecule has 2 bridgehead atoms. The Balaban J connectivity index is 1.74. The SMILES string of the molecule is C=CCN(CCCC)C(=O)C1N(CCCCCO)C(=O)[C@@H]2[C@@H](C(=O)N(CC=C)Cc3ccccc3)[C@@]3(CC)CCC12O3. The largest absolute Gasteiger partial charge is 0.396 e. The molecule has 8 heteroatoms. The molecule has 3 amide bonds. The van der Waals surface area contributed by atoms with Gasteiger partial charge in [-0.25, -0.2) is 0 Å². The monoisotopic (exact) mass is 579 g/mol. The van der Waals surface area contributed by atoms with Gasteiger partial charge in [0.05, 0.1) is 17.4 Å². The number of ether oxygens (including phenoxy) is 1. The lowest BCUT2D eigenvalue weighted by Gasteiger charge is -2.37. The molecule has 1 N–H and O–H groups in total. The van der Waals surface area contributed by atoms with Gasteiger partial charge < -0.3 is 24.5 Å². The van der Waals surface area contributed by atoms with E-state index in [0.717, 1.165) is 24.8 Å². The number of carbonyl (C=O) groups is 3. The number of amides is 3. The van der Waals surface area contributed by atoms with Crippen molar-refractivity contribution in [3.63, 3.8) is 0 Å². The number of nitrogens with zero attached hydrogens (tertiary/aromatic N) is 3. The van der Waals surface area contributed by atoms with Gasteiger partial charge in [-0.2, -0.15) is 0 Å². The van der Waals surface area contributed by atoms with Crippen LogP contribution in [-0.2, 0) is 25.7 Å². The van der Waals surface area contributed by atoms with Crippen LogP contribution in [0.3, 0.4) is 0 Å². The Bertz CT molecular complexity index is 1130. The van der Waals surface area contributed by atoms with Crippen LogP contribution in [0, 0.1) is 11.8 Å². The predicted octanol–water partition coefficient (Wildman–Crippen LogP) is 4.33. The number of unbranched alkanes of at least 4 members (excludes halogenated alkanes) is 3. The summed E-state index contributed by atoms with van der Waals surface area (Å²) in [4.78, 5) is 48.7. The van der Waals surface area contributed by atoms with E-state index in [1.54, 1.807) is 26.9 Å². The van der Waals surface area contributed by atoms with E-state index in [-0.39, 0.29) is 24.3 Å². The van der Waals surface area contributed by atoms with Crippen LogP contribution in [0.1, 0.15) is 70.8 Å². The van der Waals surface area contributed by atoms with Crippen molar-refractivity contribution in [1.29, 1.82) is 0 Å². The number of aliphatic hydroxyl groups is 1. The molecule has 8 nitrogen and oxygen atoms in total. The molecule has 3 aliphatic rings. The van der Waals surface area contributed by atoms with E-state index in [1.165, 1.54) is 0 Å². The zero-order valence-electron chi connectivity index (χ0n) is 25.5. The van der Waals surface area contributed by atoms with Gasteiger partial charge in [0.2, 0.25) is 17.7 Å². The van der Waals surface area contributed by atoms with Gasteiger partial charge in [-0.3, -0.25) is 14.4 Å². The van der Waals surface area contributed by atoms with Gasteiger partial charge >= 0.3 is 0 Å². The molecule has 42 heavy (non-hydrogen) atoms. The summed E-state index contributed by atoms with van der Waals surface area (Å²) < 4.78 is 6.98. The van der Waals surface area contributed by atoms with E-state index >= 15 is 0 Å². The van der Waals surface area contributed by atoms with Crippen molar-refractivity contribution in [3.8, 4) is 0 Å². The molecule has 0 aliphatic carbocycles. The first-order chi connectivity index (χ1) is 20.3. The number of benzene rings is 1. The molecule has 1 aromatic rings. The molecular formula is C34H49N3O5. The van der Waals surface area contributed by atoms with E-state index in [0.29, 0.717) is 64.8 Å². The van der Waals surface area contributed by atoms with Crippen molar-refractivity contribution in [2.45, 2.75) is 89.0 Å². The highest BCUT2D eigenvalue weighted by atomic mass is 16.5. The van der Waals surface area contributed by atoms with E-state index in [2.05, 4.69) is 20.1 Å². The van der Waals surface area contributed by atoms with Crippen LogP contribution in [0.25, 0.3) is 0 Å².